The van der Waals surface area contributed by atoms with Crippen molar-refractivity contribution >= 4 is 34.9 Å². The normalized spacial score (nSPS) is 11.1. The van der Waals surface area contributed by atoms with Gasteiger partial charge in [-0.3, -0.25) is 4.79 Å². The molecule has 0 aliphatic heterocycles. The average molecular weight is 269 g/mol. The minimum absolute atomic E-state index is 0.138. The molecule has 0 unspecified atom stereocenters. The quantitative estimate of drug-likeness (QED) is 0.628. The molecule has 0 saturated heterocycles. The molecule has 0 radical (unpaired) electrons. The first-order chi connectivity index (χ1) is 8.41. The Balaban J connectivity index is 3.00. The molecule has 0 amide bonds. The molecule has 0 saturated carbocycles. The predicted molar refractivity (Wildman–Crippen MR) is 64.3 cm³/mol. The first-order valence-electron chi connectivity index (χ1n) is 4.87. The van der Waals surface area contributed by atoms with Crippen LogP contribution in [-0.4, -0.2) is 27.9 Å². The summed E-state index contributed by atoms with van der Waals surface area (Å²) in [5.41, 5.74) is 0.214. The van der Waals surface area contributed by atoms with Gasteiger partial charge in [0.25, 0.3) is 0 Å². The summed E-state index contributed by atoms with van der Waals surface area (Å²) in [6, 6.07) is 5.97. The molecule has 0 atom stereocenters. The summed E-state index contributed by atoms with van der Waals surface area (Å²) < 4.78 is 0. The van der Waals surface area contributed by atoms with Gasteiger partial charge in [-0.1, -0.05) is 29.8 Å². The number of allylic oxidation sites excluding steroid dienone is 1. The molecule has 0 heterocycles. The molecule has 2 N–H and O–H groups in total. The molecule has 0 aliphatic carbocycles. The van der Waals surface area contributed by atoms with Gasteiger partial charge in [-0.25, -0.2) is 9.59 Å². The molecule has 18 heavy (non-hydrogen) atoms. The van der Waals surface area contributed by atoms with Gasteiger partial charge in [-0.2, -0.15) is 0 Å². The van der Waals surface area contributed by atoms with E-state index in [2.05, 4.69) is 0 Å². The van der Waals surface area contributed by atoms with Crippen LogP contribution in [-0.2, 0) is 14.4 Å². The second kappa shape index (κ2) is 5.97. The van der Waals surface area contributed by atoms with E-state index in [0.717, 1.165) is 6.08 Å². The third-order valence-electron chi connectivity index (χ3n) is 2.12. The van der Waals surface area contributed by atoms with E-state index >= 15 is 0 Å². The number of carboxylic acid groups (broad SMARTS) is 2. The number of halogens is 1. The lowest BCUT2D eigenvalue weighted by molar-refractivity contribution is -0.148. The molecule has 5 nitrogen and oxygen atoms in total. The van der Waals surface area contributed by atoms with E-state index < -0.39 is 24.1 Å². The Morgan fingerprint density at radius 3 is 2.06 bits per heavy atom. The van der Waals surface area contributed by atoms with Gasteiger partial charge < -0.3 is 10.2 Å². The van der Waals surface area contributed by atoms with Crippen molar-refractivity contribution in [3.63, 3.8) is 0 Å². The highest BCUT2D eigenvalue weighted by atomic mass is 35.5. The van der Waals surface area contributed by atoms with E-state index in [1.807, 2.05) is 0 Å². The molecular formula is C12H9ClO5. The van der Waals surface area contributed by atoms with Crippen molar-refractivity contribution in [2.24, 2.45) is 0 Å². The van der Waals surface area contributed by atoms with Crippen LogP contribution in [0, 0.1) is 0 Å². The second-order valence-electron chi connectivity index (χ2n) is 3.36. The van der Waals surface area contributed by atoms with Gasteiger partial charge >= 0.3 is 11.9 Å². The van der Waals surface area contributed by atoms with Crippen LogP contribution in [0.1, 0.15) is 12.0 Å². The second-order valence-corrected chi connectivity index (χ2v) is 3.80. The zero-order valence-electron chi connectivity index (χ0n) is 9.09. The number of carbonyl (C=O) groups excluding carboxylic acids is 1. The lowest BCUT2D eigenvalue weighted by Crippen LogP contribution is -2.11. The summed E-state index contributed by atoms with van der Waals surface area (Å²) in [4.78, 5) is 32.2. The summed E-state index contributed by atoms with van der Waals surface area (Å²) in [7, 11) is 0. The zero-order chi connectivity index (χ0) is 13.7. The van der Waals surface area contributed by atoms with E-state index in [-0.39, 0.29) is 5.57 Å². The van der Waals surface area contributed by atoms with Crippen LogP contribution in [0.5, 0.6) is 0 Å². The Hall–Kier alpha value is -2.14. The molecule has 6 heteroatoms. The van der Waals surface area contributed by atoms with Gasteiger partial charge in [-0.05, 0) is 17.7 Å². The van der Waals surface area contributed by atoms with Crippen LogP contribution < -0.4 is 0 Å². The van der Waals surface area contributed by atoms with Gasteiger partial charge in [0.05, 0.1) is 5.57 Å². The van der Waals surface area contributed by atoms with Crippen LogP contribution in [0.2, 0.25) is 5.02 Å². The minimum atomic E-state index is -1.59. The number of Topliss-reactive ketones (excluding diaryl/α,β-unsaturated/α-hetero) is 1. The molecule has 0 aromatic heterocycles. The Morgan fingerprint density at radius 1 is 1.06 bits per heavy atom. The Morgan fingerprint density at radius 2 is 1.61 bits per heavy atom. The zero-order valence-corrected chi connectivity index (χ0v) is 9.85. The van der Waals surface area contributed by atoms with E-state index in [4.69, 9.17) is 21.8 Å². The molecule has 0 fully saturated rings. The van der Waals surface area contributed by atoms with Crippen LogP contribution in [0.15, 0.2) is 30.3 Å². The van der Waals surface area contributed by atoms with Crippen molar-refractivity contribution in [3.8, 4) is 0 Å². The first kappa shape index (κ1) is 13.9. The average Bonchev–Trinajstić information content (AvgIpc) is 2.30. The van der Waals surface area contributed by atoms with Crippen LogP contribution in [0.3, 0.4) is 0 Å². The number of carbonyl (C=O) groups is 3. The van der Waals surface area contributed by atoms with Gasteiger partial charge in [0.2, 0.25) is 5.78 Å². The van der Waals surface area contributed by atoms with Crippen molar-refractivity contribution in [2.45, 2.75) is 6.42 Å². The SMILES string of the molecule is O=C(O)C(=O)CC=C(C(=O)O)c1ccc(Cl)cc1. The van der Waals surface area contributed by atoms with E-state index in [1.54, 1.807) is 0 Å². The van der Waals surface area contributed by atoms with Crippen molar-refractivity contribution in [1.29, 1.82) is 0 Å². The predicted octanol–water partition coefficient (Wildman–Crippen LogP) is 1.85. The third-order valence-corrected chi connectivity index (χ3v) is 2.37. The smallest absolute Gasteiger partial charge is 0.372 e. The first-order valence-corrected chi connectivity index (χ1v) is 5.25. The number of benzene rings is 1. The molecule has 0 aliphatic rings. The number of aliphatic carboxylic acids is 2. The van der Waals surface area contributed by atoms with Crippen LogP contribution in [0.4, 0.5) is 0 Å². The monoisotopic (exact) mass is 268 g/mol. The van der Waals surface area contributed by atoms with Crippen LogP contribution >= 0.6 is 11.6 Å². The molecule has 0 spiro atoms. The Kier molecular flexibility index (Phi) is 4.62. The number of ketones is 1. The van der Waals surface area contributed by atoms with Gasteiger partial charge in [0, 0.05) is 11.4 Å². The molecular weight excluding hydrogens is 260 g/mol. The summed E-state index contributed by atoms with van der Waals surface area (Å²) in [6.45, 7) is 0. The third kappa shape index (κ3) is 3.71. The van der Waals surface area contributed by atoms with Crippen molar-refractivity contribution in [2.75, 3.05) is 0 Å². The highest BCUT2D eigenvalue weighted by molar-refractivity contribution is 6.33. The highest BCUT2D eigenvalue weighted by Crippen LogP contribution is 2.18. The maximum Gasteiger partial charge on any atom is 0.372 e. The number of carboxylic acids is 2. The van der Waals surface area contributed by atoms with Crippen molar-refractivity contribution in [1.82, 2.24) is 0 Å². The maximum absolute atomic E-state index is 11.0. The van der Waals surface area contributed by atoms with Crippen LogP contribution in [0.25, 0.3) is 5.57 Å². The lowest BCUT2D eigenvalue weighted by Gasteiger charge is -2.02. The fourth-order valence-electron chi connectivity index (χ4n) is 1.24. The molecule has 0 bridgehead atoms. The van der Waals surface area contributed by atoms with Crippen molar-refractivity contribution < 1.29 is 24.6 Å². The van der Waals surface area contributed by atoms with E-state index in [9.17, 15) is 14.4 Å². The largest absolute Gasteiger partial charge is 0.478 e. The molecule has 1 aromatic carbocycles. The fraction of sp³-hybridized carbons (Fsp3) is 0.0833. The summed E-state index contributed by atoms with van der Waals surface area (Å²) >= 11 is 5.67. The van der Waals surface area contributed by atoms with Gasteiger partial charge in [0.1, 0.15) is 0 Å². The van der Waals surface area contributed by atoms with E-state index in [1.165, 1.54) is 24.3 Å². The number of hydrogen-bond donors (Lipinski definition) is 2. The van der Waals surface area contributed by atoms with Gasteiger partial charge in [0.15, 0.2) is 0 Å². The number of rotatable bonds is 5. The Bertz CT molecular complexity index is 516. The maximum atomic E-state index is 11.0. The molecule has 1 aromatic rings. The van der Waals surface area contributed by atoms with Gasteiger partial charge in [-0.15, -0.1) is 0 Å². The molecule has 1 rings (SSSR count). The fourth-order valence-corrected chi connectivity index (χ4v) is 1.37. The molecule has 94 valence electrons. The summed E-state index contributed by atoms with van der Waals surface area (Å²) in [5.74, 6) is -3.90. The standard InChI is InChI=1S/C12H9ClO5/c13-8-3-1-7(2-4-8)9(11(15)16)5-6-10(14)12(17)18/h1-5H,6H2,(H,15,16)(H,17,18). The summed E-state index contributed by atoms with van der Waals surface area (Å²) in [5, 5.41) is 17.8. The number of hydrogen-bond acceptors (Lipinski definition) is 3. The Labute approximate surface area is 107 Å². The van der Waals surface area contributed by atoms with E-state index in [0.29, 0.717) is 10.6 Å². The van der Waals surface area contributed by atoms with Crippen molar-refractivity contribution in [3.05, 3.63) is 40.9 Å². The minimum Gasteiger partial charge on any atom is -0.478 e. The summed E-state index contributed by atoms with van der Waals surface area (Å²) in [6.07, 6.45) is 0.599. The lowest BCUT2D eigenvalue weighted by atomic mass is 10.0. The highest BCUT2D eigenvalue weighted by Gasteiger charge is 2.14. The topological polar surface area (TPSA) is 91.7 Å².